The standard InChI is InChI=1S/C23H34N4.H2O4S/c1-18(2)23(17-26-22(24)25,13-16-27-14-6-3-7-15-27)21-12-8-10-19-9-4-5-11-20(19)21;1-5(2,3)4/h4-5,8-12,18H,3,6-7,13-17H2,1-2H3,(H4,24,25,26);(H2,1,2,3,4). The number of hydrogen-bond acceptors (Lipinski definition) is 4. The normalized spacial score (nSPS) is 16.8. The van der Waals surface area contributed by atoms with Crippen molar-refractivity contribution in [2.75, 3.05) is 26.2 Å². The van der Waals surface area contributed by atoms with E-state index in [4.69, 9.17) is 29.0 Å². The summed E-state index contributed by atoms with van der Waals surface area (Å²) in [6.45, 7) is 8.77. The van der Waals surface area contributed by atoms with Crippen LogP contribution in [-0.2, 0) is 15.8 Å². The van der Waals surface area contributed by atoms with Gasteiger partial charge >= 0.3 is 10.4 Å². The molecule has 0 spiro atoms. The van der Waals surface area contributed by atoms with Gasteiger partial charge in [-0.1, -0.05) is 62.7 Å². The summed E-state index contributed by atoms with van der Waals surface area (Å²) in [4.78, 5) is 7.13. The van der Waals surface area contributed by atoms with Gasteiger partial charge in [0, 0.05) is 5.41 Å². The zero-order valence-corrected chi connectivity index (χ0v) is 19.8. The van der Waals surface area contributed by atoms with E-state index in [1.54, 1.807) is 0 Å². The molecule has 0 amide bonds. The molecule has 0 bridgehead atoms. The molecule has 0 aromatic heterocycles. The van der Waals surface area contributed by atoms with Crippen LogP contribution in [-0.4, -0.2) is 54.6 Å². The zero-order valence-electron chi connectivity index (χ0n) is 18.9. The van der Waals surface area contributed by atoms with Gasteiger partial charge in [0.2, 0.25) is 0 Å². The number of nitrogens with zero attached hydrogens (tertiary/aromatic N) is 2. The van der Waals surface area contributed by atoms with Crippen LogP contribution in [0.15, 0.2) is 47.5 Å². The molecule has 1 aliphatic heterocycles. The first-order valence-corrected chi connectivity index (χ1v) is 12.4. The molecule has 9 heteroatoms. The molecule has 3 rings (SSSR count). The number of aliphatic imine (C=N–C) groups is 1. The third kappa shape index (κ3) is 7.74. The molecule has 0 radical (unpaired) electrons. The van der Waals surface area contributed by atoms with Gasteiger partial charge in [-0.25, -0.2) is 0 Å². The molecular weight excluding hydrogens is 428 g/mol. The third-order valence-electron chi connectivity index (χ3n) is 6.30. The molecular formula is C23H36N4O4S. The summed E-state index contributed by atoms with van der Waals surface area (Å²) in [5, 5.41) is 2.60. The molecule has 1 unspecified atom stereocenters. The van der Waals surface area contributed by atoms with Crippen molar-refractivity contribution < 1.29 is 17.5 Å². The van der Waals surface area contributed by atoms with Crippen molar-refractivity contribution in [2.45, 2.75) is 44.9 Å². The molecule has 8 nitrogen and oxygen atoms in total. The Balaban J connectivity index is 0.000000654. The van der Waals surface area contributed by atoms with E-state index in [0.29, 0.717) is 12.5 Å². The fourth-order valence-corrected chi connectivity index (χ4v) is 4.51. The van der Waals surface area contributed by atoms with Gasteiger partial charge in [-0.2, -0.15) is 8.42 Å². The maximum absolute atomic E-state index is 8.74. The van der Waals surface area contributed by atoms with Crippen LogP contribution in [0.3, 0.4) is 0 Å². The van der Waals surface area contributed by atoms with Crippen LogP contribution >= 0.6 is 0 Å². The minimum atomic E-state index is -4.67. The molecule has 1 heterocycles. The smallest absolute Gasteiger partial charge is 0.370 e. The largest absolute Gasteiger partial charge is 0.394 e. The highest BCUT2D eigenvalue weighted by molar-refractivity contribution is 7.79. The summed E-state index contributed by atoms with van der Waals surface area (Å²) in [5.74, 6) is 0.606. The summed E-state index contributed by atoms with van der Waals surface area (Å²) < 4.78 is 31.6. The highest BCUT2D eigenvalue weighted by Crippen LogP contribution is 2.40. The van der Waals surface area contributed by atoms with Crippen LogP contribution in [0.5, 0.6) is 0 Å². The molecule has 32 heavy (non-hydrogen) atoms. The molecule has 2 aromatic carbocycles. The van der Waals surface area contributed by atoms with E-state index in [2.05, 4.69) is 66.2 Å². The van der Waals surface area contributed by atoms with Gasteiger partial charge in [0.1, 0.15) is 0 Å². The van der Waals surface area contributed by atoms with Crippen molar-refractivity contribution in [3.05, 3.63) is 48.0 Å². The van der Waals surface area contributed by atoms with E-state index in [0.717, 1.165) is 13.0 Å². The Morgan fingerprint density at radius 2 is 1.66 bits per heavy atom. The average Bonchev–Trinajstić information content (AvgIpc) is 2.73. The van der Waals surface area contributed by atoms with Gasteiger partial charge in [-0.3, -0.25) is 14.1 Å². The summed E-state index contributed by atoms with van der Waals surface area (Å²) in [6.07, 6.45) is 5.06. The first-order chi connectivity index (χ1) is 15.0. The quantitative estimate of drug-likeness (QED) is 0.280. The van der Waals surface area contributed by atoms with Crippen LogP contribution in [0.1, 0.15) is 45.1 Å². The maximum atomic E-state index is 8.74. The van der Waals surface area contributed by atoms with Gasteiger partial charge in [0.15, 0.2) is 5.96 Å². The van der Waals surface area contributed by atoms with E-state index in [-0.39, 0.29) is 11.4 Å². The van der Waals surface area contributed by atoms with E-state index in [1.807, 2.05) is 0 Å². The lowest BCUT2D eigenvalue weighted by atomic mass is 9.68. The predicted octanol–water partition coefficient (Wildman–Crippen LogP) is 3.23. The number of hydrogen-bond donors (Lipinski definition) is 4. The predicted molar refractivity (Wildman–Crippen MR) is 130 cm³/mol. The SMILES string of the molecule is CC(C)C(CCN1CCCCC1)(CN=C(N)N)c1cccc2ccccc12.O=S(=O)(O)O. The van der Waals surface area contributed by atoms with Crippen molar-refractivity contribution in [3.63, 3.8) is 0 Å². The first kappa shape index (κ1) is 26.1. The molecule has 2 aromatic rings. The molecule has 0 saturated carbocycles. The number of fused-ring (bicyclic) bond motifs is 1. The molecule has 0 aliphatic carbocycles. The maximum Gasteiger partial charge on any atom is 0.394 e. The van der Waals surface area contributed by atoms with E-state index in [1.165, 1.54) is 48.7 Å². The van der Waals surface area contributed by atoms with E-state index in [9.17, 15) is 0 Å². The lowest BCUT2D eigenvalue weighted by Gasteiger charge is -2.40. The highest BCUT2D eigenvalue weighted by Gasteiger charge is 2.37. The Bertz CT molecular complexity index is 987. The lowest BCUT2D eigenvalue weighted by molar-refractivity contribution is 0.186. The summed E-state index contributed by atoms with van der Waals surface area (Å²) in [7, 11) is -4.67. The molecule has 1 aliphatic rings. The Morgan fingerprint density at radius 3 is 2.25 bits per heavy atom. The fourth-order valence-electron chi connectivity index (χ4n) is 4.51. The highest BCUT2D eigenvalue weighted by atomic mass is 32.3. The van der Waals surface area contributed by atoms with Crippen molar-refractivity contribution in [1.82, 2.24) is 4.90 Å². The average molecular weight is 465 g/mol. The zero-order chi connectivity index (χ0) is 23.8. The van der Waals surface area contributed by atoms with Gasteiger partial charge in [-0.05, 0) is 61.2 Å². The Labute approximate surface area is 191 Å². The van der Waals surface area contributed by atoms with Gasteiger partial charge in [-0.15, -0.1) is 0 Å². The Kier molecular flexibility index (Phi) is 9.45. The first-order valence-electron chi connectivity index (χ1n) is 11.0. The van der Waals surface area contributed by atoms with Gasteiger partial charge in [0.25, 0.3) is 0 Å². The number of benzene rings is 2. The van der Waals surface area contributed by atoms with Crippen LogP contribution in [0.4, 0.5) is 0 Å². The number of guanidine groups is 1. The molecule has 1 fully saturated rings. The van der Waals surface area contributed by atoms with Crippen molar-refractivity contribution in [1.29, 1.82) is 0 Å². The van der Waals surface area contributed by atoms with Crippen molar-refractivity contribution in [2.24, 2.45) is 22.4 Å². The minimum absolute atomic E-state index is 0.0811. The second kappa shape index (κ2) is 11.6. The monoisotopic (exact) mass is 464 g/mol. The summed E-state index contributed by atoms with van der Waals surface area (Å²) >= 11 is 0. The van der Waals surface area contributed by atoms with Gasteiger partial charge < -0.3 is 16.4 Å². The van der Waals surface area contributed by atoms with E-state index >= 15 is 0 Å². The lowest BCUT2D eigenvalue weighted by Crippen LogP contribution is -2.42. The number of likely N-dealkylation sites (tertiary alicyclic amines) is 1. The van der Waals surface area contributed by atoms with Crippen LogP contribution in [0, 0.1) is 5.92 Å². The molecule has 6 N–H and O–H groups in total. The Hall–Kier alpha value is -2.20. The van der Waals surface area contributed by atoms with Crippen molar-refractivity contribution >= 4 is 27.1 Å². The topological polar surface area (TPSA) is 142 Å². The summed E-state index contributed by atoms with van der Waals surface area (Å²) in [6, 6.07) is 15.3. The molecule has 1 saturated heterocycles. The number of piperidine rings is 1. The Morgan fingerprint density at radius 1 is 1.06 bits per heavy atom. The third-order valence-corrected chi connectivity index (χ3v) is 6.30. The molecule has 178 valence electrons. The van der Waals surface area contributed by atoms with Crippen LogP contribution < -0.4 is 11.5 Å². The number of nitrogens with two attached hydrogens (primary N) is 2. The van der Waals surface area contributed by atoms with E-state index < -0.39 is 10.4 Å². The van der Waals surface area contributed by atoms with Crippen LogP contribution in [0.2, 0.25) is 0 Å². The fraction of sp³-hybridized carbons (Fsp3) is 0.522. The van der Waals surface area contributed by atoms with Crippen LogP contribution in [0.25, 0.3) is 10.8 Å². The van der Waals surface area contributed by atoms with Gasteiger partial charge in [0.05, 0.1) is 6.54 Å². The second-order valence-electron chi connectivity index (χ2n) is 8.68. The minimum Gasteiger partial charge on any atom is -0.370 e. The number of rotatable bonds is 7. The summed E-state index contributed by atoms with van der Waals surface area (Å²) in [5.41, 5.74) is 12.8. The van der Waals surface area contributed by atoms with Crippen molar-refractivity contribution in [3.8, 4) is 0 Å². The molecule has 1 atom stereocenters. The second-order valence-corrected chi connectivity index (χ2v) is 9.57.